The number of carboxylic acid groups (broad SMARTS) is 1. The van der Waals surface area contributed by atoms with Crippen LogP contribution in [0.3, 0.4) is 0 Å². The maximum atomic E-state index is 10.1. The maximum absolute atomic E-state index is 10.1. The molecule has 3 N–H and O–H groups in total. The van der Waals surface area contributed by atoms with Gasteiger partial charge in [-0.2, -0.15) is 0 Å². The highest BCUT2D eigenvalue weighted by Gasteiger charge is 1.97. The van der Waals surface area contributed by atoms with Gasteiger partial charge in [-0.1, -0.05) is 0 Å². The van der Waals surface area contributed by atoms with Crippen LogP contribution in [0.1, 0.15) is 0 Å². The summed E-state index contributed by atoms with van der Waals surface area (Å²) >= 11 is 0. The molecule has 72 valence electrons. The maximum Gasteiger partial charge on any atom is 0.341 e. The van der Waals surface area contributed by atoms with Crippen LogP contribution in [0.2, 0.25) is 0 Å². The first kappa shape index (κ1) is 11.6. The largest absolute Gasteiger partial charge is 0.482 e. The van der Waals surface area contributed by atoms with Gasteiger partial charge in [-0.25, -0.2) is 4.79 Å². The number of hydrogen-bond donors (Lipinski definition) is 2. The molecule has 0 saturated heterocycles. The molecule has 0 unspecified atom stereocenters. The Morgan fingerprint density at radius 1 is 1.38 bits per heavy atom. The van der Waals surface area contributed by atoms with E-state index in [4.69, 9.17) is 15.6 Å². The van der Waals surface area contributed by atoms with Crippen molar-refractivity contribution in [1.82, 2.24) is 0 Å². The molecule has 1 aromatic rings. The van der Waals surface area contributed by atoms with Gasteiger partial charge in [-0.05, 0) is 24.3 Å². The highest BCUT2D eigenvalue weighted by molar-refractivity contribution is 5.85. The number of benzene rings is 1. The fourth-order valence-corrected chi connectivity index (χ4v) is 0.709. The summed E-state index contributed by atoms with van der Waals surface area (Å²) in [6.45, 7) is -0.329. The van der Waals surface area contributed by atoms with Crippen molar-refractivity contribution in [3.8, 4) is 5.75 Å². The topological polar surface area (TPSA) is 72.5 Å². The summed E-state index contributed by atoms with van der Waals surface area (Å²) in [5, 5.41) is 8.28. The third-order valence-corrected chi connectivity index (χ3v) is 1.24. The van der Waals surface area contributed by atoms with Gasteiger partial charge in [0.15, 0.2) is 6.61 Å². The van der Waals surface area contributed by atoms with Crippen molar-refractivity contribution in [2.24, 2.45) is 0 Å². The lowest BCUT2D eigenvalue weighted by atomic mass is 10.3. The highest BCUT2D eigenvalue weighted by atomic mass is 35.5. The van der Waals surface area contributed by atoms with Gasteiger partial charge in [0.25, 0.3) is 0 Å². The van der Waals surface area contributed by atoms with Crippen LogP contribution in [0.25, 0.3) is 0 Å². The van der Waals surface area contributed by atoms with E-state index in [0.717, 1.165) is 0 Å². The molecule has 1 aromatic carbocycles. The Morgan fingerprint density at radius 3 is 2.38 bits per heavy atom. The molecule has 4 nitrogen and oxygen atoms in total. The second kappa shape index (κ2) is 5.27. The molecular formula is C8H10ClNO3. The summed E-state index contributed by atoms with van der Waals surface area (Å²) in [4.78, 5) is 10.1. The van der Waals surface area contributed by atoms with Gasteiger partial charge < -0.3 is 15.6 Å². The van der Waals surface area contributed by atoms with Crippen LogP contribution < -0.4 is 10.5 Å². The Labute approximate surface area is 81.7 Å². The molecule has 13 heavy (non-hydrogen) atoms. The number of nitrogens with two attached hydrogens (primary N) is 1. The fourth-order valence-electron chi connectivity index (χ4n) is 0.709. The summed E-state index contributed by atoms with van der Waals surface area (Å²) in [5.41, 5.74) is 6.03. The van der Waals surface area contributed by atoms with Crippen molar-refractivity contribution in [2.75, 3.05) is 12.3 Å². The summed E-state index contributed by atoms with van der Waals surface area (Å²) in [6, 6.07) is 6.55. The Bertz CT molecular complexity index is 273. The first-order valence-electron chi connectivity index (χ1n) is 3.38. The Kier molecular flexibility index (Phi) is 4.69. The van der Waals surface area contributed by atoms with Crippen molar-refractivity contribution in [1.29, 1.82) is 0 Å². The molecule has 0 aliphatic carbocycles. The van der Waals surface area contributed by atoms with Crippen molar-refractivity contribution < 1.29 is 14.6 Å². The Hall–Kier alpha value is -1.42. The highest BCUT2D eigenvalue weighted by Crippen LogP contribution is 2.12. The quantitative estimate of drug-likeness (QED) is 0.723. The van der Waals surface area contributed by atoms with Crippen LogP contribution in [-0.2, 0) is 4.79 Å². The number of aliphatic carboxylic acids is 1. The third-order valence-electron chi connectivity index (χ3n) is 1.24. The van der Waals surface area contributed by atoms with Gasteiger partial charge in [-0.15, -0.1) is 12.4 Å². The summed E-state index contributed by atoms with van der Waals surface area (Å²) < 4.78 is 4.87. The van der Waals surface area contributed by atoms with E-state index < -0.39 is 5.97 Å². The minimum atomic E-state index is -0.994. The zero-order valence-electron chi connectivity index (χ0n) is 6.77. The summed E-state index contributed by atoms with van der Waals surface area (Å²) in [7, 11) is 0. The lowest BCUT2D eigenvalue weighted by molar-refractivity contribution is -0.139. The standard InChI is InChI=1S/C8H9NO3.ClH/c9-6-1-3-7(4-2-6)12-5-8(10)11;/h1-4H,5,9H2,(H,10,11);1H. The molecular weight excluding hydrogens is 194 g/mol. The third kappa shape index (κ3) is 4.22. The Balaban J connectivity index is 0.00000144. The Morgan fingerprint density at radius 2 is 1.92 bits per heavy atom. The lowest BCUT2D eigenvalue weighted by Crippen LogP contribution is -2.09. The van der Waals surface area contributed by atoms with Crippen LogP contribution in [0.15, 0.2) is 24.3 Å². The van der Waals surface area contributed by atoms with Crippen LogP contribution in [0, 0.1) is 0 Å². The molecule has 0 aromatic heterocycles. The number of carbonyl (C=O) groups is 1. The van der Waals surface area contributed by atoms with Gasteiger partial charge in [-0.3, -0.25) is 0 Å². The van der Waals surface area contributed by atoms with Crippen LogP contribution in [0.5, 0.6) is 5.75 Å². The van der Waals surface area contributed by atoms with Crippen LogP contribution in [0.4, 0.5) is 5.69 Å². The van der Waals surface area contributed by atoms with Gasteiger partial charge in [0.05, 0.1) is 0 Å². The number of carboxylic acids is 1. The first-order chi connectivity index (χ1) is 5.68. The first-order valence-corrected chi connectivity index (χ1v) is 3.38. The molecule has 0 aliphatic rings. The van der Waals surface area contributed by atoms with Gasteiger partial charge in [0.1, 0.15) is 5.75 Å². The van der Waals surface area contributed by atoms with E-state index in [1.165, 1.54) is 0 Å². The normalized spacial score (nSPS) is 8.62. The second-order valence-corrected chi connectivity index (χ2v) is 2.25. The van der Waals surface area contributed by atoms with Crippen molar-refractivity contribution in [3.05, 3.63) is 24.3 Å². The SMILES string of the molecule is Cl.Nc1ccc(OCC(=O)O)cc1. The van der Waals surface area contributed by atoms with Crippen molar-refractivity contribution >= 4 is 24.1 Å². The van der Waals surface area contributed by atoms with E-state index in [1.54, 1.807) is 24.3 Å². The van der Waals surface area contributed by atoms with Crippen LogP contribution in [-0.4, -0.2) is 17.7 Å². The molecule has 0 bridgehead atoms. The van der Waals surface area contributed by atoms with Gasteiger partial charge in [0.2, 0.25) is 0 Å². The molecule has 0 aliphatic heterocycles. The zero-order chi connectivity index (χ0) is 8.97. The van der Waals surface area contributed by atoms with E-state index in [-0.39, 0.29) is 19.0 Å². The van der Waals surface area contributed by atoms with Crippen LogP contribution >= 0.6 is 12.4 Å². The van der Waals surface area contributed by atoms with Gasteiger partial charge >= 0.3 is 5.97 Å². The number of hydrogen-bond acceptors (Lipinski definition) is 3. The van der Waals surface area contributed by atoms with Crippen molar-refractivity contribution in [2.45, 2.75) is 0 Å². The number of anilines is 1. The predicted octanol–water partition coefficient (Wildman–Crippen LogP) is 1.15. The fraction of sp³-hybridized carbons (Fsp3) is 0.125. The van der Waals surface area contributed by atoms with E-state index in [0.29, 0.717) is 11.4 Å². The molecule has 0 saturated carbocycles. The molecule has 0 radical (unpaired) electrons. The smallest absolute Gasteiger partial charge is 0.341 e. The molecule has 0 amide bonds. The molecule has 0 spiro atoms. The number of halogens is 1. The zero-order valence-corrected chi connectivity index (χ0v) is 7.58. The molecule has 0 atom stereocenters. The summed E-state index contributed by atoms with van der Waals surface area (Å²) in [5.74, 6) is -0.488. The number of ether oxygens (including phenoxy) is 1. The molecule has 1 rings (SSSR count). The molecule has 0 heterocycles. The van der Waals surface area contributed by atoms with Crippen molar-refractivity contribution in [3.63, 3.8) is 0 Å². The van der Waals surface area contributed by atoms with Gasteiger partial charge in [0, 0.05) is 5.69 Å². The van der Waals surface area contributed by atoms with E-state index in [2.05, 4.69) is 0 Å². The molecule has 5 heteroatoms. The average Bonchev–Trinajstić information content (AvgIpc) is 2.03. The minimum absolute atomic E-state index is 0. The van der Waals surface area contributed by atoms with E-state index in [1.807, 2.05) is 0 Å². The van der Waals surface area contributed by atoms with E-state index in [9.17, 15) is 4.79 Å². The lowest BCUT2D eigenvalue weighted by Gasteiger charge is -2.01. The van der Waals surface area contributed by atoms with E-state index >= 15 is 0 Å². The average molecular weight is 204 g/mol. The predicted molar refractivity (Wildman–Crippen MR) is 51.2 cm³/mol. The second-order valence-electron chi connectivity index (χ2n) is 2.25. The summed E-state index contributed by atoms with van der Waals surface area (Å²) in [6.07, 6.45) is 0. The monoisotopic (exact) mass is 203 g/mol. The number of nitrogen functional groups attached to an aromatic ring is 1. The molecule has 0 fully saturated rings. The number of rotatable bonds is 3. The minimum Gasteiger partial charge on any atom is -0.482 e.